The van der Waals surface area contributed by atoms with Crippen molar-refractivity contribution in [3.63, 3.8) is 0 Å². The van der Waals surface area contributed by atoms with Crippen LogP contribution in [0.25, 0.3) is 15.3 Å². The molecule has 0 bridgehead atoms. The van der Waals surface area contributed by atoms with Crippen LogP contribution in [0, 0.1) is 18.3 Å². The quantitative estimate of drug-likeness (QED) is 0.543. The predicted octanol–water partition coefficient (Wildman–Crippen LogP) is 4.14. The lowest BCUT2D eigenvalue weighted by atomic mass is 9.85. The molecule has 0 aliphatic carbocycles. The number of nitrogens with zero attached hydrogens (tertiary/aromatic N) is 4. The minimum Gasteiger partial charge on any atom is -0.497 e. The number of rotatable bonds is 3. The van der Waals surface area contributed by atoms with Gasteiger partial charge in [0.2, 0.25) is 11.0 Å². The Labute approximate surface area is 176 Å². The van der Waals surface area contributed by atoms with Crippen molar-refractivity contribution in [3.05, 3.63) is 64.8 Å². The van der Waals surface area contributed by atoms with Crippen LogP contribution in [-0.2, 0) is 4.79 Å². The van der Waals surface area contributed by atoms with Crippen LogP contribution >= 0.6 is 11.3 Å². The summed E-state index contributed by atoms with van der Waals surface area (Å²) in [4.78, 5) is 17.2. The molecule has 7 nitrogen and oxygen atoms in total. The van der Waals surface area contributed by atoms with E-state index in [1.54, 1.807) is 23.9 Å². The summed E-state index contributed by atoms with van der Waals surface area (Å²) in [6, 6.07) is 15.2. The molecule has 1 aliphatic rings. The van der Waals surface area contributed by atoms with Crippen molar-refractivity contribution < 1.29 is 9.53 Å². The van der Waals surface area contributed by atoms with Gasteiger partial charge in [-0.25, -0.2) is 4.98 Å². The monoisotopic (exact) mass is 415 g/mol. The van der Waals surface area contributed by atoms with Crippen LogP contribution in [0.2, 0.25) is 0 Å². The van der Waals surface area contributed by atoms with Crippen LogP contribution in [0.4, 0.5) is 5.82 Å². The van der Waals surface area contributed by atoms with Crippen LogP contribution < -0.4 is 10.1 Å². The van der Waals surface area contributed by atoms with E-state index in [-0.39, 0.29) is 11.8 Å². The van der Waals surface area contributed by atoms with E-state index >= 15 is 0 Å². The second kappa shape index (κ2) is 6.97. The Balaban J connectivity index is 1.63. The van der Waals surface area contributed by atoms with Crippen molar-refractivity contribution in [1.82, 2.24) is 14.8 Å². The first-order valence-corrected chi connectivity index (χ1v) is 10.2. The van der Waals surface area contributed by atoms with Crippen molar-refractivity contribution in [2.45, 2.75) is 19.3 Å². The van der Waals surface area contributed by atoms with Crippen molar-refractivity contribution in [3.8, 4) is 17.0 Å². The summed E-state index contributed by atoms with van der Waals surface area (Å²) < 4.78 is 8.01. The van der Waals surface area contributed by atoms with Crippen LogP contribution in [0.1, 0.15) is 34.7 Å². The van der Waals surface area contributed by atoms with Gasteiger partial charge in [-0.3, -0.25) is 4.79 Å². The van der Waals surface area contributed by atoms with Crippen LogP contribution in [0.3, 0.4) is 0 Å². The molecule has 0 fully saturated rings. The number of benzene rings is 2. The van der Waals surface area contributed by atoms with E-state index in [2.05, 4.69) is 11.4 Å². The van der Waals surface area contributed by atoms with Crippen LogP contribution in [0.5, 0.6) is 5.75 Å². The number of carbonyl (C=O) groups is 1. The third kappa shape index (κ3) is 2.91. The number of nitrogens with one attached hydrogen (secondary N) is 1. The number of hydrogen-bond acceptors (Lipinski definition) is 6. The predicted molar refractivity (Wildman–Crippen MR) is 114 cm³/mol. The Bertz CT molecular complexity index is 1330. The van der Waals surface area contributed by atoms with Crippen molar-refractivity contribution in [2.24, 2.45) is 0 Å². The normalized spacial score (nSPS) is 15.5. The summed E-state index contributed by atoms with van der Waals surface area (Å²) in [6.07, 6.45) is 0.336. The smallest absolute Gasteiger partial charge is 0.226 e. The molecule has 1 unspecified atom stereocenters. The van der Waals surface area contributed by atoms with Crippen LogP contribution in [-0.4, -0.2) is 27.8 Å². The molecule has 148 valence electrons. The van der Waals surface area contributed by atoms with E-state index < -0.39 is 0 Å². The maximum atomic E-state index is 12.5. The number of amides is 1. The highest BCUT2D eigenvalue weighted by molar-refractivity contribution is 7.20. The molecule has 0 saturated heterocycles. The number of anilines is 1. The number of carbonyl (C=O) groups excluding carboxylic acids is 1. The minimum atomic E-state index is -0.121. The van der Waals surface area contributed by atoms with Gasteiger partial charge in [0.15, 0.2) is 0 Å². The average molecular weight is 415 g/mol. The fourth-order valence-corrected chi connectivity index (χ4v) is 4.82. The molecule has 1 amide bonds. The highest BCUT2D eigenvalue weighted by Crippen LogP contribution is 2.41. The molecule has 30 heavy (non-hydrogen) atoms. The van der Waals surface area contributed by atoms with E-state index in [9.17, 15) is 4.79 Å². The number of thiazole rings is 1. The SMILES string of the molecule is COc1ccc2nc(-n3nc(C)c4c3NC(=O)CC4c3ccc(C#N)cc3)sc2c1. The summed E-state index contributed by atoms with van der Waals surface area (Å²) in [6.45, 7) is 1.94. The van der Waals surface area contributed by atoms with Gasteiger partial charge >= 0.3 is 0 Å². The van der Waals surface area contributed by atoms with Crippen molar-refractivity contribution in [1.29, 1.82) is 5.26 Å². The molecule has 0 radical (unpaired) electrons. The van der Waals surface area contributed by atoms with Gasteiger partial charge in [0.05, 0.1) is 34.7 Å². The van der Waals surface area contributed by atoms with Gasteiger partial charge in [-0.05, 0) is 42.8 Å². The second-order valence-electron chi connectivity index (χ2n) is 7.13. The third-order valence-corrected chi connectivity index (χ3v) is 6.30. The molecule has 1 N–H and O–H groups in total. The highest BCUT2D eigenvalue weighted by Gasteiger charge is 2.33. The van der Waals surface area contributed by atoms with Crippen LogP contribution in [0.15, 0.2) is 42.5 Å². The number of aryl methyl sites for hydroxylation is 1. The van der Waals surface area contributed by atoms with Crippen molar-refractivity contribution in [2.75, 3.05) is 12.4 Å². The van der Waals surface area contributed by atoms with E-state index in [0.29, 0.717) is 22.9 Å². The second-order valence-corrected chi connectivity index (χ2v) is 8.14. The molecule has 2 aromatic carbocycles. The summed E-state index contributed by atoms with van der Waals surface area (Å²) >= 11 is 1.49. The Morgan fingerprint density at radius 3 is 2.80 bits per heavy atom. The maximum absolute atomic E-state index is 12.5. The molecule has 8 heteroatoms. The number of aromatic nitrogens is 3. The number of ether oxygens (including phenoxy) is 1. The first-order valence-electron chi connectivity index (χ1n) is 9.41. The molecule has 2 aromatic heterocycles. The highest BCUT2D eigenvalue weighted by atomic mass is 32.1. The first-order chi connectivity index (χ1) is 14.6. The van der Waals surface area contributed by atoms with E-state index in [0.717, 1.165) is 32.8 Å². The zero-order valence-electron chi connectivity index (χ0n) is 16.3. The van der Waals surface area contributed by atoms with E-state index in [4.69, 9.17) is 20.1 Å². The van der Waals surface area contributed by atoms with Gasteiger partial charge in [-0.1, -0.05) is 23.5 Å². The maximum Gasteiger partial charge on any atom is 0.226 e. The molecule has 5 rings (SSSR count). The third-order valence-electron chi connectivity index (χ3n) is 5.31. The molecular formula is C22H17N5O2S. The van der Waals surface area contributed by atoms with Gasteiger partial charge in [0.1, 0.15) is 11.6 Å². The lowest BCUT2D eigenvalue weighted by Gasteiger charge is -2.24. The summed E-state index contributed by atoms with van der Waals surface area (Å²) in [5, 5.41) is 17.4. The Kier molecular flexibility index (Phi) is 4.26. The lowest BCUT2D eigenvalue weighted by Crippen LogP contribution is -2.24. The number of hydrogen-bond donors (Lipinski definition) is 1. The number of fused-ring (bicyclic) bond motifs is 2. The standard InChI is InChI=1S/C22H17N5O2S/c1-12-20-16(14-5-3-13(11-23)4-6-14)10-19(28)25-21(20)27(26-12)22-24-17-8-7-15(29-2)9-18(17)30-22/h3-9,16H,10H2,1-2H3,(H,25,28). The lowest BCUT2D eigenvalue weighted by molar-refractivity contribution is -0.116. The molecule has 1 aliphatic heterocycles. The molecule has 4 aromatic rings. The summed E-state index contributed by atoms with van der Waals surface area (Å²) in [5.41, 5.74) is 4.26. The van der Waals surface area contributed by atoms with Gasteiger partial charge in [-0.15, -0.1) is 0 Å². The fourth-order valence-electron chi connectivity index (χ4n) is 3.87. The molecule has 3 heterocycles. The molecule has 1 atom stereocenters. The molecule has 0 spiro atoms. The van der Waals surface area contributed by atoms with Gasteiger partial charge in [-0.2, -0.15) is 15.0 Å². The first kappa shape index (κ1) is 18.3. The number of nitriles is 1. The van der Waals surface area contributed by atoms with Gasteiger partial charge in [0.25, 0.3) is 0 Å². The van der Waals surface area contributed by atoms with Crippen molar-refractivity contribution >= 4 is 33.3 Å². The molecular weight excluding hydrogens is 398 g/mol. The zero-order chi connectivity index (χ0) is 20.8. The van der Waals surface area contributed by atoms with E-state index in [1.165, 1.54) is 11.3 Å². The average Bonchev–Trinajstić information content (AvgIpc) is 3.33. The topological polar surface area (TPSA) is 92.8 Å². The fraction of sp³-hybridized carbons (Fsp3) is 0.182. The largest absolute Gasteiger partial charge is 0.497 e. The zero-order valence-corrected chi connectivity index (χ0v) is 17.2. The van der Waals surface area contributed by atoms with Gasteiger partial charge < -0.3 is 10.1 Å². The summed E-state index contributed by atoms with van der Waals surface area (Å²) in [5.74, 6) is 1.24. The number of methoxy groups -OCH3 is 1. The van der Waals surface area contributed by atoms with Gasteiger partial charge in [0, 0.05) is 17.9 Å². The molecule has 0 saturated carbocycles. The van der Waals surface area contributed by atoms with E-state index in [1.807, 2.05) is 37.3 Å². The Hall–Kier alpha value is -3.70. The Morgan fingerprint density at radius 1 is 1.27 bits per heavy atom. The Morgan fingerprint density at radius 2 is 2.07 bits per heavy atom. The summed E-state index contributed by atoms with van der Waals surface area (Å²) in [7, 11) is 1.63. The minimum absolute atomic E-state index is 0.0687.